The maximum Gasteiger partial charge on any atom is 0.472 e. The van der Waals surface area contributed by atoms with E-state index in [4.69, 9.17) is 15.0 Å². The van der Waals surface area contributed by atoms with Gasteiger partial charge in [0, 0.05) is 0 Å². The third-order valence-corrected chi connectivity index (χ3v) is 5.29. The van der Waals surface area contributed by atoms with Crippen LogP contribution in [0.25, 0.3) is 11.2 Å². The number of rotatable bonds is 1. The number of nitrogens with one attached hydrogen (secondary N) is 1. The molecule has 4 heterocycles. The summed E-state index contributed by atoms with van der Waals surface area (Å²) in [6, 6.07) is 0. The first-order chi connectivity index (χ1) is 11.3. The van der Waals surface area contributed by atoms with Gasteiger partial charge in [0.1, 0.15) is 18.3 Å². The molecule has 5 N–H and O–H groups in total. The van der Waals surface area contributed by atoms with Gasteiger partial charge in [-0.25, -0.2) is 9.55 Å². The summed E-state index contributed by atoms with van der Waals surface area (Å²) in [4.78, 5) is 31.7. The minimum absolute atomic E-state index is 0.00764. The average molecular weight is 424 g/mol. The van der Waals surface area contributed by atoms with Crippen molar-refractivity contribution in [3.8, 4) is 0 Å². The van der Waals surface area contributed by atoms with Crippen LogP contribution in [-0.4, -0.2) is 54.4 Å². The van der Waals surface area contributed by atoms with E-state index in [1.165, 1.54) is 4.57 Å². The number of phosphoric ester groups is 1. The molecular formula is C10H11BrN5O7P. The van der Waals surface area contributed by atoms with Crippen molar-refractivity contribution in [3.63, 3.8) is 0 Å². The number of phosphoric acid groups is 1. The Morgan fingerprint density at radius 2 is 2.21 bits per heavy atom. The number of aliphatic hydroxyl groups is 1. The van der Waals surface area contributed by atoms with E-state index in [0.717, 1.165) is 0 Å². The highest BCUT2D eigenvalue weighted by molar-refractivity contribution is 9.10. The lowest BCUT2D eigenvalue weighted by Gasteiger charge is -2.27. The topological polar surface area (TPSA) is 175 Å². The predicted octanol–water partition coefficient (Wildman–Crippen LogP) is -0.762. The Labute approximate surface area is 141 Å². The minimum Gasteiger partial charge on any atom is -0.386 e. The van der Waals surface area contributed by atoms with Gasteiger partial charge in [-0.05, 0) is 15.9 Å². The molecule has 130 valence electrons. The summed E-state index contributed by atoms with van der Waals surface area (Å²) in [6.45, 7) is -0.230. The minimum atomic E-state index is -4.24. The van der Waals surface area contributed by atoms with Gasteiger partial charge in [0.2, 0.25) is 5.95 Å². The number of nitrogens with zero attached hydrogens (tertiary/aromatic N) is 3. The molecule has 2 aromatic rings. The van der Waals surface area contributed by atoms with Crippen LogP contribution in [-0.2, 0) is 18.3 Å². The van der Waals surface area contributed by atoms with Crippen molar-refractivity contribution in [2.75, 3.05) is 12.3 Å². The molecule has 12 nitrogen and oxygen atoms in total. The molecule has 0 spiro atoms. The number of aliphatic hydroxyl groups excluding tert-OH is 1. The Hall–Kier alpha value is -1.34. The van der Waals surface area contributed by atoms with Crippen LogP contribution in [0.4, 0.5) is 5.95 Å². The molecule has 2 aromatic heterocycles. The van der Waals surface area contributed by atoms with Crippen LogP contribution in [0, 0.1) is 0 Å². The molecule has 0 aromatic carbocycles. The van der Waals surface area contributed by atoms with Gasteiger partial charge in [0.15, 0.2) is 22.1 Å². The fourth-order valence-corrected chi connectivity index (χ4v) is 4.26. The molecule has 0 radical (unpaired) electrons. The maximum absolute atomic E-state index is 11.9. The number of aromatic nitrogens is 4. The number of ether oxygens (including phenoxy) is 1. The number of aromatic amines is 1. The molecule has 5 atom stereocenters. The molecule has 24 heavy (non-hydrogen) atoms. The quantitative estimate of drug-likeness (QED) is 0.336. The van der Waals surface area contributed by atoms with E-state index < -0.39 is 37.9 Å². The highest BCUT2D eigenvalue weighted by atomic mass is 79.9. The van der Waals surface area contributed by atoms with E-state index in [2.05, 4.69) is 35.4 Å². The van der Waals surface area contributed by atoms with Crippen LogP contribution in [0.2, 0.25) is 0 Å². The van der Waals surface area contributed by atoms with Crippen molar-refractivity contribution >= 4 is 40.9 Å². The fraction of sp³-hybridized carbons (Fsp3) is 0.500. The second-order valence-electron chi connectivity index (χ2n) is 5.26. The summed E-state index contributed by atoms with van der Waals surface area (Å²) in [5, 5.41) is 10.5. The standard InChI is InChI=1S/C10H11BrN5O7P/c11-9-13-3-6(14-10(12)15-7(3)18)16(9)8-4(17)5-2(22-8)1-21-24(19,20)23-5/h2,4-5,8,17H,1H2,(H,19,20)(H3,12,14,15,18)/t2-,4+,5-,8+/m0/s1. The zero-order valence-corrected chi connectivity index (χ0v) is 14.2. The molecule has 0 aliphatic carbocycles. The predicted molar refractivity (Wildman–Crippen MR) is 80.8 cm³/mol. The zero-order valence-electron chi connectivity index (χ0n) is 11.7. The smallest absolute Gasteiger partial charge is 0.386 e. The number of fused-ring (bicyclic) bond motifs is 2. The number of imidazole rings is 1. The second-order valence-corrected chi connectivity index (χ2v) is 7.38. The molecule has 0 bridgehead atoms. The van der Waals surface area contributed by atoms with E-state index in [1.54, 1.807) is 0 Å². The van der Waals surface area contributed by atoms with Crippen LogP contribution in [0.15, 0.2) is 9.53 Å². The van der Waals surface area contributed by atoms with Crippen molar-refractivity contribution in [1.29, 1.82) is 0 Å². The van der Waals surface area contributed by atoms with Crippen LogP contribution in [0.5, 0.6) is 0 Å². The third-order valence-electron chi connectivity index (χ3n) is 3.75. The highest BCUT2D eigenvalue weighted by Crippen LogP contribution is 2.52. The van der Waals surface area contributed by atoms with E-state index in [0.29, 0.717) is 0 Å². The van der Waals surface area contributed by atoms with Crippen molar-refractivity contribution in [2.24, 2.45) is 0 Å². The highest BCUT2D eigenvalue weighted by Gasteiger charge is 2.53. The van der Waals surface area contributed by atoms with Crippen molar-refractivity contribution in [1.82, 2.24) is 19.5 Å². The SMILES string of the molecule is Nc1nc2c(nc(Br)n2[C@@H]2O[C@H]3COP(=O)(O)O[C@@H]3[C@H]2O)c(=O)[nH]1. The van der Waals surface area contributed by atoms with E-state index in [1.807, 2.05) is 0 Å². The summed E-state index contributed by atoms with van der Waals surface area (Å²) in [7, 11) is -4.24. The van der Waals surface area contributed by atoms with Crippen molar-refractivity contribution in [3.05, 3.63) is 15.1 Å². The number of H-pyrrole nitrogens is 1. The summed E-state index contributed by atoms with van der Waals surface area (Å²) in [5.74, 6) is -0.134. The van der Waals surface area contributed by atoms with Gasteiger partial charge in [-0.3, -0.25) is 23.4 Å². The molecular weight excluding hydrogens is 413 g/mol. The first kappa shape index (κ1) is 16.1. The van der Waals surface area contributed by atoms with E-state index in [-0.39, 0.29) is 28.5 Å². The van der Waals surface area contributed by atoms with E-state index in [9.17, 15) is 19.4 Å². The van der Waals surface area contributed by atoms with Gasteiger partial charge >= 0.3 is 7.82 Å². The summed E-state index contributed by atoms with van der Waals surface area (Å²) < 4.78 is 28.2. The third kappa shape index (κ3) is 2.40. The number of nitrogens with two attached hydrogens (primary N) is 1. The van der Waals surface area contributed by atoms with Gasteiger partial charge < -0.3 is 20.5 Å². The van der Waals surface area contributed by atoms with Crippen molar-refractivity contribution in [2.45, 2.75) is 24.5 Å². The first-order valence-corrected chi connectivity index (χ1v) is 8.98. The summed E-state index contributed by atoms with van der Waals surface area (Å²) in [6.07, 6.45) is -4.25. The van der Waals surface area contributed by atoms with Gasteiger partial charge in [0.25, 0.3) is 5.56 Å². The normalized spacial score (nSPS) is 36.1. The average Bonchev–Trinajstić information content (AvgIpc) is 2.96. The second kappa shape index (κ2) is 5.33. The van der Waals surface area contributed by atoms with Crippen LogP contribution in [0.3, 0.4) is 0 Å². The number of nitrogen functional groups attached to an aromatic ring is 1. The number of halogens is 1. The van der Waals surface area contributed by atoms with Gasteiger partial charge in [-0.2, -0.15) is 4.98 Å². The Kier molecular flexibility index (Phi) is 3.58. The lowest BCUT2D eigenvalue weighted by molar-refractivity contribution is -0.0669. The lowest BCUT2D eigenvalue weighted by atomic mass is 10.1. The molecule has 14 heteroatoms. The molecule has 2 fully saturated rings. The summed E-state index contributed by atoms with van der Waals surface area (Å²) in [5.41, 5.74) is 5.07. The monoisotopic (exact) mass is 423 g/mol. The zero-order chi connectivity index (χ0) is 17.2. The van der Waals surface area contributed by atoms with Gasteiger partial charge in [-0.1, -0.05) is 0 Å². The number of hydrogen-bond acceptors (Lipinski definition) is 9. The van der Waals surface area contributed by atoms with Crippen LogP contribution < -0.4 is 11.3 Å². The molecule has 0 amide bonds. The van der Waals surface area contributed by atoms with Crippen molar-refractivity contribution < 1.29 is 28.3 Å². The molecule has 2 aliphatic heterocycles. The largest absolute Gasteiger partial charge is 0.472 e. The van der Waals surface area contributed by atoms with Crippen LogP contribution >= 0.6 is 23.8 Å². The fourth-order valence-electron chi connectivity index (χ4n) is 2.75. The van der Waals surface area contributed by atoms with Gasteiger partial charge in [0.05, 0.1) is 6.61 Å². The maximum atomic E-state index is 11.9. The van der Waals surface area contributed by atoms with Crippen LogP contribution in [0.1, 0.15) is 6.23 Å². The lowest BCUT2D eigenvalue weighted by Crippen LogP contribution is -2.39. The Balaban J connectivity index is 1.80. The molecule has 1 unspecified atom stereocenters. The Morgan fingerprint density at radius 1 is 1.46 bits per heavy atom. The summed E-state index contributed by atoms with van der Waals surface area (Å²) >= 11 is 3.18. The first-order valence-electron chi connectivity index (χ1n) is 6.69. The van der Waals surface area contributed by atoms with Gasteiger partial charge in [-0.15, -0.1) is 0 Å². The van der Waals surface area contributed by atoms with E-state index >= 15 is 0 Å². The Morgan fingerprint density at radius 3 is 2.96 bits per heavy atom. The molecule has 2 saturated heterocycles. The molecule has 2 aliphatic rings. The molecule has 4 rings (SSSR count). The number of hydrogen-bond donors (Lipinski definition) is 4. The number of anilines is 1. The Bertz CT molecular complexity index is 930. The molecule has 0 saturated carbocycles.